The third-order valence-corrected chi connectivity index (χ3v) is 2.49. The van der Waals surface area contributed by atoms with Gasteiger partial charge >= 0.3 is 0 Å². The summed E-state index contributed by atoms with van der Waals surface area (Å²) in [6.07, 6.45) is 1.09. The van der Waals surface area contributed by atoms with Gasteiger partial charge < -0.3 is 5.73 Å². The minimum atomic E-state index is 0.342. The van der Waals surface area contributed by atoms with Gasteiger partial charge in [-0.15, -0.1) is 0 Å². The SMILES string of the molecule is N[C@H]1CC1c1ccccc1Cl. The fourth-order valence-electron chi connectivity index (χ4n) is 1.35. The molecule has 0 aromatic heterocycles. The first-order valence-electron chi connectivity index (χ1n) is 3.79. The fraction of sp³-hybridized carbons (Fsp3) is 0.333. The molecule has 1 aromatic carbocycles. The summed E-state index contributed by atoms with van der Waals surface area (Å²) in [5, 5.41) is 0.852. The molecule has 0 aliphatic heterocycles. The number of halogens is 1. The van der Waals surface area contributed by atoms with E-state index in [1.54, 1.807) is 0 Å². The summed E-state index contributed by atoms with van der Waals surface area (Å²) in [6, 6.07) is 8.27. The number of hydrogen-bond acceptors (Lipinski definition) is 1. The summed E-state index contributed by atoms with van der Waals surface area (Å²) in [4.78, 5) is 0. The van der Waals surface area contributed by atoms with Crippen LogP contribution in [0.3, 0.4) is 0 Å². The Bertz CT molecular complexity index is 272. The van der Waals surface area contributed by atoms with Crippen molar-refractivity contribution >= 4 is 11.6 Å². The second-order valence-corrected chi connectivity index (χ2v) is 3.43. The van der Waals surface area contributed by atoms with E-state index in [0.29, 0.717) is 12.0 Å². The van der Waals surface area contributed by atoms with Crippen molar-refractivity contribution in [3.05, 3.63) is 34.9 Å². The Hall–Kier alpha value is -0.530. The van der Waals surface area contributed by atoms with Gasteiger partial charge in [0.15, 0.2) is 0 Å². The number of nitrogens with two attached hydrogens (primary N) is 1. The molecule has 0 heterocycles. The molecule has 1 unspecified atom stereocenters. The summed E-state index contributed by atoms with van der Waals surface area (Å²) in [5.41, 5.74) is 6.92. The molecule has 2 N–H and O–H groups in total. The molecular formula is C9H10ClN. The Morgan fingerprint density at radius 2 is 2.00 bits per heavy atom. The molecule has 1 aromatic rings. The highest BCUT2D eigenvalue weighted by atomic mass is 35.5. The van der Waals surface area contributed by atoms with Gasteiger partial charge in [0.25, 0.3) is 0 Å². The monoisotopic (exact) mass is 167 g/mol. The molecule has 58 valence electrons. The quantitative estimate of drug-likeness (QED) is 0.682. The van der Waals surface area contributed by atoms with Crippen LogP contribution < -0.4 is 5.73 Å². The predicted octanol–water partition coefficient (Wildman–Crippen LogP) is 2.15. The first-order chi connectivity index (χ1) is 5.29. The molecule has 11 heavy (non-hydrogen) atoms. The van der Waals surface area contributed by atoms with Crippen molar-refractivity contribution in [1.82, 2.24) is 0 Å². The van der Waals surface area contributed by atoms with E-state index in [1.807, 2.05) is 18.2 Å². The van der Waals surface area contributed by atoms with E-state index in [1.165, 1.54) is 5.56 Å². The zero-order valence-corrected chi connectivity index (χ0v) is 6.88. The van der Waals surface area contributed by atoms with Crippen LogP contribution in [0.4, 0.5) is 0 Å². The Balaban J connectivity index is 2.31. The predicted molar refractivity (Wildman–Crippen MR) is 46.8 cm³/mol. The van der Waals surface area contributed by atoms with Crippen LogP contribution in [0, 0.1) is 0 Å². The minimum absolute atomic E-state index is 0.342. The maximum atomic E-state index is 5.97. The standard InChI is InChI=1S/C9H10ClN/c10-8-4-2-1-3-6(8)7-5-9(7)11/h1-4,7,9H,5,11H2/t7?,9-/m0/s1. The molecule has 1 aliphatic carbocycles. The second-order valence-electron chi connectivity index (χ2n) is 3.03. The van der Waals surface area contributed by atoms with Crippen molar-refractivity contribution in [2.75, 3.05) is 0 Å². The van der Waals surface area contributed by atoms with E-state index in [9.17, 15) is 0 Å². The number of benzene rings is 1. The van der Waals surface area contributed by atoms with Gasteiger partial charge in [-0.1, -0.05) is 29.8 Å². The first kappa shape index (κ1) is 7.14. The molecule has 1 saturated carbocycles. The molecule has 2 atom stereocenters. The Labute approximate surface area is 71.2 Å². The van der Waals surface area contributed by atoms with E-state index < -0.39 is 0 Å². The Morgan fingerprint density at radius 3 is 2.55 bits per heavy atom. The van der Waals surface area contributed by atoms with Crippen LogP contribution in [0.2, 0.25) is 5.02 Å². The lowest BCUT2D eigenvalue weighted by Gasteiger charge is -1.99. The summed E-state index contributed by atoms with van der Waals surface area (Å²) in [7, 11) is 0. The molecule has 1 aliphatic rings. The lowest BCUT2D eigenvalue weighted by Crippen LogP contribution is -2.00. The first-order valence-corrected chi connectivity index (χ1v) is 4.17. The van der Waals surface area contributed by atoms with Crippen LogP contribution >= 0.6 is 11.6 Å². The van der Waals surface area contributed by atoms with Crippen molar-refractivity contribution in [2.45, 2.75) is 18.4 Å². The van der Waals surface area contributed by atoms with Gasteiger partial charge in [0.2, 0.25) is 0 Å². The van der Waals surface area contributed by atoms with Gasteiger partial charge in [0.05, 0.1) is 0 Å². The van der Waals surface area contributed by atoms with Crippen molar-refractivity contribution in [3.8, 4) is 0 Å². The molecule has 0 spiro atoms. The van der Waals surface area contributed by atoms with Gasteiger partial charge in [0, 0.05) is 17.0 Å². The third kappa shape index (κ3) is 1.26. The van der Waals surface area contributed by atoms with Crippen molar-refractivity contribution < 1.29 is 0 Å². The van der Waals surface area contributed by atoms with E-state index in [2.05, 4.69) is 6.07 Å². The lowest BCUT2D eigenvalue weighted by molar-refractivity contribution is 0.991. The van der Waals surface area contributed by atoms with Crippen LogP contribution in [-0.2, 0) is 0 Å². The van der Waals surface area contributed by atoms with Crippen LogP contribution in [0.25, 0.3) is 0 Å². The van der Waals surface area contributed by atoms with Crippen molar-refractivity contribution in [1.29, 1.82) is 0 Å². The molecule has 1 nitrogen and oxygen atoms in total. The zero-order chi connectivity index (χ0) is 7.84. The summed E-state index contributed by atoms with van der Waals surface area (Å²) in [5.74, 6) is 0.517. The summed E-state index contributed by atoms with van der Waals surface area (Å²) >= 11 is 5.97. The maximum Gasteiger partial charge on any atom is 0.0441 e. The Morgan fingerprint density at radius 1 is 1.36 bits per heavy atom. The lowest BCUT2D eigenvalue weighted by atomic mass is 10.1. The molecule has 0 radical (unpaired) electrons. The molecule has 2 heteroatoms. The van der Waals surface area contributed by atoms with Gasteiger partial charge in [-0.25, -0.2) is 0 Å². The van der Waals surface area contributed by atoms with Gasteiger partial charge in [0.1, 0.15) is 0 Å². The van der Waals surface area contributed by atoms with E-state index in [-0.39, 0.29) is 0 Å². The highest BCUT2D eigenvalue weighted by molar-refractivity contribution is 6.31. The fourth-order valence-corrected chi connectivity index (χ4v) is 1.62. The molecule has 0 saturated heterocycles. The summed E-state index contributed by atoms with van der Waals surface area (Å²) < 4.78 is 0. The van der Waals surface area contributed by atoms with Gasteiger partial charge in [-0.3, -0.25) is 0 Å². The normalized spacial score (nSPS) is 28.5. The van der Waals surface area contributed by atoms with Crippen molar-refractivity contribution in [3.63, 3.8) is 0 Å². The van der Waals surface area contributed by atoms with E-state index >= 15 is 0 Å². The number of rotatable bonds is 1. The molecule has 0 bridgehead atoms. The van der Waals surface area contributed by atoms with Gasteiger partial charge in [-0.2, -0.15) is 0 Å². The second kappa shape index (κ2) is 2.50. The van der Waals surface area contributed by atoms with Crippen LogP contribution in [-0.4, -0.2) is 6.04 Å². The summed E-state index contributed by atoms with van der Waals surface area (Å²) in [6.45, 7) is 0. The number of hydrogen-bond donors (Lipinski definition) is 1. The minimum Gasteiger partial charge on any atom is -0.327 e. The average Bonchev–Trinajstić information content (AvgIpc) is 2.68. The largest absolute Gasteiger partial charge is 0.327 e. The van der Waals surface area contributed by atoms with Gasteiger partial charge in [-0.05, 0) is 18.1 Å². The third-order valence-electron chi connectivity index (χ3n) is 2.14. The smallest absolute Gasteiger partial charge is 0.0441 e. The zero-order valence-electron chi connectivity index (χ0n) is 6.13. The highest BCUT2D eigenvalue weighted by Gasteiger charge is 2.35. The van der Waals surface area contributed by atoms with Crippen LogP contribution in [0.15, 0.2) is 24.3 Å². The molecule has 1 fully saturated rings. The molecule has 2 rings (SSSR count). The van der Waals surface area contributed by atoms with Crippen molar-refractivity contribution in [2.24, 2.45) is 5.73 Å². The van der Waals surface area contributed by atoms with Crippen LogP contribution in [0.1, 0.15) is 17.9 Å². The average molecular weight is 168 g/mol. The molecular weight excluding hydrogens is 158 g/mol. The maximum absolute atomic E-state index is 5.97. The Kier molecular flexibility index (Phi) is 1.63. The van der Waals surface area contributed by atoms with E-state index in [0.717, 1.165) is 11.4 Å². The highest BCUT2D eigenvalue weighted by Crippen LogP contribution is 2.41. The topological polar surface area (TPSA) is 26.0 Å². The molecule has 0 amide bonds. The van der Waals surface area contributed by atoms with Crippen LogP contribution in [0.5, 0.6) is 0 Å². The van der Waals surface area contributed by atoms with E-state index in [4.69, 9.17) is 17.3 Å².